The standard InChI is InChI=1S/C14H11ClN2O3S/c1-19-14(18)8-4-9(20-6-8)5-16-12-10(15)2-3-11-13(12)17-7-21-11/h2-4,6-7,16H,5H2,1H3. The number of fused-ring (bicyclic) bond motifs is 1. The molecule has 3 aromatic rings. The van der Waals surface area contributed by atoms with Crippen molar-refractivity contribution in [3.8, 4) is 0 Å². The van der Waals surface area contributed by atoms with Gasteiger partial charge in [0.15, 0.2) is 0 Å². The summed E-state index contributed by atoms with van der Waals surface area (Å²) in [6.45, 7) is 0.396. The van der Waals surface area contributed by atoms with Gasteiger partial charge in [-0.05, 0) is 18.2 Å². The molecule has 0 saturated heterocycles. The lowest BCUT2D eigenvalue weighted by molar-refractivity contribution is 0.0600. The fraction of sp³-hybridized carbons (Fsp3) is 0.143. The Morgan fingerprint density at radius 2 is 2.38 bits per heavy atom. The van der Waals surface area contributed by atoms with Crippen LogP contribution in [-0.2, 0) is 11.3 Å². The molecule has 3 rings (SSSR count). The lowest BCUT2D eigenvalue weighted by atomic mass is 10.2. The van der Waals surface area contributed by atoms with Gasteiger partial charge in [0.25, 0.3) is 0 Å². The molecule has 0 spiro atoms. The summed E-state index contributed by atoms with van der Waals surface area (Å²) in [5.74, 6) is 0.184. The van der Waals surface area contributed by atoms with E-state index in [4.69, 9.17) is 16.0 Å². The maximum atomic E-state index is 11.4. The molecule has 0 atom stereocenters. The Hall–Kier alpha value is -2.05. The first-order valence-corrected chi connectivity index (χ1v) is 7.36. The van der Waals surface area contributed by atoms with Crippen LogP contribution in [0.15, 0.2) is 34.4 Å². The normalized spacial score (nSPS) is 10.8. The van der Waals surface area contributed by atoms with Crippen molar-refractivity contribution in [2.24, 2.45) is 0 Å². The summed E-state index contributed by atoms with van der Waals surface area (Å²) in [6.07, 6.45) is 1.37. The largest absolute Gasteiger partial charge is 0.467 e. The highest BCUT2D eigenvalue weighted by Crippen LogP contribution is 2.32. The minimum atomic E-state index is -0.426. The molecule has 0 bridgehead atoms. The average Bonchev–Trinajstić information content (AvgIpc) is 3.14. The van der Waals surface area contributed by atoms with Crippen LogP contribution in [0.4, 0.5) is 5.69 Å². The summed E-state index contributed by atoms with van der Waals surface area (Å²) < 4.78 is 11.0. The zero-order valence-electron chi connectivity index (χ0n) is 11.1. The van der Waals surface area contributed by atoms with Gasteiger partial charge in [-0.15, -0.1) is 11.3 Å². The van der Waals surface area contributed by atoms with Crippen molar-refractivity contribution >= 4 is 44.8 Å². The van der Waals surface area contributed by atoms with Gasteiger partial charge < -0.3 is 14.5 Å². The lowest BCUT2D eigenvalue weighted by Gasteiger charge is -2.07. The molecule has 1 aromatic carbocycles. The van der Waals surface area contributed by atoms with Crippen molar-refractivity contribution in [3.63, 3.8) is 0 Å². The van der Waals surface area contributed by atoms with Crippen LogP contribution >= 0.6 is 22.9 Å². The van der Waals surface area contributed by atoms with E-state index in [9.17, 15) is 4.79 Å². The third kappa shape index (κ3) is 2.72. The van der Waals surface area contributed by atoms with Crippen LogP contribution in [0.3, 0.4) is 0 Å². The number of carbonyl (C=O) groups is 1. The van der Waals surface area contributed by atoms with Crippen LogP contribution in [-0.4, -0.2) is 18.1 Å². The number of furan rings is 1. The molecule has 2 aromatic heterocycles. The van der Waals surface area contributed by atoms with Crippen molar-refractivity contribution in [2.75, 3.05) is 12.4 Å². The molecule has 5 nitrogen and oxygen atoms in total. The van der Waals surface area contributed by atoms with E-state index in [0.717, 1.165) is 15.9 Å². The summed E-state index contributed by atoms with van der Waals surface area (Å²) in [5, 5.41) is 3.79. The summed E-state index contributed by atoms with van der Waals surface area (Å²) in [5.41, 5.74) is 3.74. The molecular weight excluding hydrogens is 312 g/mol. The third-order valence-electron chi connectivity index (χ3n) is 2.97. The number of nitrogens with zero attached hydrogens (tertiary/aromatic N) is 1. The first kappa shape index (κ1) is 13.9. The minimum absolute atomic E-state index is 0.382. The van der Waals surface area contributed by atoms with Gasteiger partial charge in [-0.25, -0.2) is 9.78 Å². The molecule has 0 unspecified atom stereocenters. The van der Waals surface area contributed by atoms with Crippen LogP contribution in [0.5, 0.6) is 0 Å². The second-order valence-electron chi connectivity index (χ2n) is 4.27. The summed E-state index contributed by atoms with van der Waals surface area (Å²) in [7, 11) is 1.33. The van der Waals surface area contributed by atoms with Crippen molar-refractivity contribution in [1.29, 1.82) is 0 Å². The number of thiazole rings is 1. The maximum absolute atomic E-state index is 11.4. The van der Waals surface area contributed by atoms with E-state index in [-0.39, 0.29) is 0 Å². The monoisotopic (exact) mass is 322 g/mol. The first-order valence-electron chi connectivity index (χ1n) is 6.10. The van der Waals surface area contributed by atoms with Gasteiger partial charge in [0.1, 0.15) is 17.5 Å². The van der Waals surface area contributed by atoms with E-state index in [2.05, 4.69) is 15.0 Å². The van der Waals surface area contributed by atoms with Crippen LogP contribution in [0, 0.1) is 0 Å². The van der Waals surface area contributed by atoms with E-state index in [1.54, 1.807) is 22.9 Å². The van der Waals surface area contributed by atoms with Gasteiger partial charge in [0.2, 0.25) is 0 Å². The molecule has 0 aliphatic rings. The fourth-order valence-electron chi connectivity index (χ4n) is 1.95. The molecule has 21 heavy (non-hydrogen) atoms. The van der Waals surface area contributed by atoms with E-state index in [0.29, 0.717) is 22.9 Å². The molecule has 7 heteroatoms. The number of rotatable bonds is 4. The van der Waals surface area contributed by atoms with E-state index in [1.165, 1.54) is 13.4 Å². The van der Waals surface area contributed by atoms with Gasteiger partial charge in [-0.2, -0.15) is 0 Å². The van der Waals surface area contributed by atoms with E-state index < -0.39 is 5.97 Å². The summed E-state index contributed by atoms with van der Waals surface area (Å²) in [4.78, 5) is 15.7. The Kier molecular flexibility index (Phi) is 3.81. The Balaban J connectivity index is 1.80. The predicted octanol–water partition coefficient (Wildman–Crippen LogP) is 3.94. The Bertz CT molecular complexity index is 796. The molecule has 0 saturated carbocycles. The Morgan fingerprint density at radius 3 is 3.19 bits per heavy atom. The number of halogens is 1. The molecule has 0 aliphatic heterocycles. The average molecular weight is 323 g/mol. The van der Waals surface area contributed by atoms with Gasteiger partial charge in [0.05, 0.1) is 40.1 Å². The third-order valence-corrected chi connectivity index (χ3v) is 4.07. The topological polar surface area (TPSA) is 64.4 Å². The van der Waals surface area contributed by atoms with E-state index in [1.807, 2.05) is 12.1 Å². The summed E-state index contributed by atoms with van der Waals surface area (Å²) in [6, 6.07) is 5.39. The lowest BCUT2D eigenvalue weighted by Crippen LogP contribution is -2.01. The van der Waals surface area contributed by atoms with Gasteiger partial charge in [-0.3, -0.25) is 0 Å². The first-order chi connectivity index (χ1) is 10.2. The SMILES string of the molecule is COC(=O)c1coc(CNc2c(Cl)ccc3scnc23)c1. The van der Waals surface area contributed by atoms with Crippen molar-refractivity contribution < 1.29 is 13.9 Å². The number of carbonyl (C=O) groups excluding carboxylic acids is 1. The van der Waals surface area contributed by atoms with E-state index >= 15 is 0 Å². The molecular formula is C14H11ClN2O3S. The molecule has 0 fully saturated rings. The van der Waals surface area contributed by atoms with Crippen LogP contribution < -0.4 is 5.32 Å². The number of methoxy groups -OCH3 is 1. The molecule has 0 amide bonds. The fourth-order valence-corrected chi connectivity index (χ4v) is 2.85. The molecule has 108 valence electrons. The maximum Gasteiger partial charge on any atom is 0.341 e. The number of hydrogen-bond acceptors (Lipinski definition) is 6. The van der Waals surface area contributed by atoms with Gasteiger partial charge in [0, 0.05) is 0 Å². The summed E-state index contributed by atoms with van der Waals surface area (Å²) >= 11 is 7.75. The van der Waals surface area contributed by atoms with Crippen LogP contribution in [0.1, 0.15) is 16.1 Å². The molecule has 2 heterocycles. The predicted molar refractivity (Wildman–Crippen MR) is 82.0 cm³/mol. The minimum Gasteiger partial charge on any atom is -0.467 e. The Labute approximate surface area is 129 Å². The van der Waals surface area contributed by atoms with Crippen LogP contribution in [0.25, 0.3) is 10.2 Å². The smallest absolute Gasteiger partial charge is 0.341 e. The van der Waals surface area contributed by atoms with Crippen molar-refractivity contribution in [1.82, 2.24) is 4.98 Å². The number of anilines is 1. The molecule has 0 radical (unpaired) electrons. The zero-order valence-corrected chi connectivity index (χ0v) is 12.6. The number of aromatic nitrogens is 1. The number of benzene rings is 1. The number of ether oxygens (including phenoxy) is 1. The molecule has 0 aliphatic carbocycles. The highest BCUT2D eigenvalue weighted by atomic mass is 35.5. The second kappa shape index (κ2) is 5.75. The van der Waals surface area contributed by atoms with Gasteiger partial charge >= 0.3 is 5.97 Å². The highest BCUT2D eigenvalue weighted by Gasteiger charge is 2.12. The number of esters is 1. The zero-order chi connectivity index (χ0) is 14.8. The van der Waals surface area contributed by atoms with Crippen LogP contribution in [0.2, 0.25) is 5.02 Å². The van der Waals surface area contributed by atoms with Crippen molar-refractivity contribution in [3.05, 3.63) is 46.3 Å². The highest BCUT2D eigenvalue weighted by molar-refractivity contribution is 7.16. The number of nitrogens with one attached hydrogen (secondary N) is 1. The molecule has 1 N–H and O–H groups in total. The second-order valence-corrected chi connectivity index (χ2v) is 5.56. The number of hydrogen-bond donors (Lipinski definition) is 1. The quantitative estimate of drug-likeness (QED) is 0.737. The van der Waals surface area contributed by atoms with Gasteiger partial charge in [-0.1, -0.05) is 11.6 Å². The Morgan fingerprint density at radius 1 is 1.52 bits per heavy atom. The van der Waals surface area contributed by atoms with Crippen molar-refractivity contribution in [2.45, 2.75) is 6.54 Å².